The fraction of sp³-hybridized carbons (Fsp3) is 0.778. The van der Waals surface area contributed by atoms with E-state index in [1.807, 2.05) is 12.3 Å². The number of carbonyl (C=O) groups excluding carboxylic acids is 2. The van der Waals surface area contributed by atoms with Crippen molar-refractivity contribution >= 4 is 17.7 Å². The first-order valence-corrected chi connectivity index (χ1v) is 20.4. The number of nitrogens with one attached hydrogen (secondary N) is 1. The number of pyridine rings is 1. The van der Waals surface area contributed by atoms with E-state index in [1.165, 1.54) is 12.0 Å². The van der Waals surface area contributed by atoms with E-state index in [9.17, 15) is 19.5 Å². The van der Waals surface area contributed by atoms with Crippen LogP contribution < -0.4 is 5.32 Å². The van der Waals surface area contributed by atoms with Crippen LogP contribution in [0.5, 0.6) is 0 Å². The van der Waals surface area contributed by atoms with Gasteiger partial charge in [-0.05, 0) is 150 Å². The monoisotopic (exact) mass is 717 g/mol. The maximum Gasteiger partial charge on any atom is 0.309 e. The van der Waals surface area contributed by atoms with Crippen LogP contribution in [0.1, 0.15) is 152 Å². The lowest BCUT2D eigenvalue weighted by molar-refractivity contribution is -0.233. The van der Waals surface area contributed by atoms with E-state index >= 15 is 0 Å². The van der Waals surface area contributed by atoms with Crippen LogP contribution >= 0.6 is 0 Å². The minimum Gasteiger partial charge on any atom is -0.481 e. The highest BCUT2D eigenvalue weighted by molar-refractivity contribution is 6.00. The third-order valence-corrected chi connectivity index (χ3v) is 16.4. The van der Waals surface area contributed by atoms with Gasteiger partial charge in [-0.2, -0.15) is 0 Å². The van der Waals surface area contributed by atoms with Crippen molar-refractivity contribution in [2.75, 3.05) is 6.54 Å². The zero-order valence-corrected chi connectivity index (χ0v) is 34.2. The number of ether oxygens (including phenoxy) is 1. The summed E-state index contributed by atoms with van der Waals surface area (Å²) < 4.78 is 6.19. The second-order valence-electron chi connectivity index (χ2n) is 20.7. The van der Waals surface area contributed by atoms with Gasteiger partial charge in [0.05, 0.1) is 23.1 Å². The van der Waals surface area contributed by atoms with E-state index < -0.39 is 17.4 Å². The lowest BCUT2D eigenvalue weighted by Crippen LogP contribution is -2.65. The summed E-state index contributed by atoms with van der Waals surface area (Å²) in [6, 6.07) is 6.11. The molecule has 5 aliphatic carbocycles. The van der Waals surface area contributed by atoms with Gasteiger partial charge in [-0.25, -0.2) is 0 Å². The molecule has 5 aliphatic rings. The zero-order valence-electron chi connectivity index (χ0n) is 34.2. The van der Waals surface area contributed by atoms with Crippen molar-refractivity contribution in [3.8, 4) is 0 Å². The Bertz CT molecular complexity index is 1610. The Morgan fingerprint density at radius 2 is 1.65 bits per heavy atom. The van der Waals surface area contributed by atoms with Gasteiger partial charge in [-0.1, -0.05) is 60.1 Å². The summed E-state index contributed by atoms with van der Waals surface area (Å²) in [6.07, 6.45) is 11.8. The highest BCUT2D eigenvalue weighted by Crippen LogP contribution is 2.77. The molecule has 8 unspecified atom stereocenters. The number of ketones is 1. The number of aromatic nitrogens is 1. The maximum absolute atomic E-state index is 14.1. The molecule has 6 rings (SSSR count). The third-order valence-electron chi connectivity index (χ3n) is 16.4. The standard InChI is InChI=1S/C45H68N2O5/c1-28(2)36-30(48)26-45(23-25-47-41(7,8)33-14-12-13-24-46-33)22-21-43(10)29(37(36)45)15-16-32-42(9)19-18-34(52-35(49)27-39(3,4)38(50)51)40(5,6)31(42)17-20-44(32,43)11/h12-14,24,28-29,31-32,34,47H,15-23,25-27H2,1-11H3,(H,50,51). The zero-order chi connectivity index (χ0) is 38.3. The van der Waals surface area contributed by atoms with Gasteiger partial charge in [0.1, 0.15) is 6.10 Å². The Morgan fingerprint density at radius 1 is 0.942 bits per heavy atom. The number of Topliss-reactive ketones (excluding diaryl/α,β-unsaturated/α-hetero) is 1. The molecule has 2 N–H and O–H groups in total. The van der Waals surface area contributed by atoms with E-state index in [2.05, 4.69) is 84.7 Å². The van der Waals surface area contributed by atoms with E-state index in [1.54, 1.807) is 13.8 Å². The van der Waals surface area contributed by atoms with Gasteiger partial charge >= 0.3 is 11.9 Å². The van der Waals surface area contributed by atoms with Crippen molar-refractivity contribution < 1.29 is 24.2 Å². The first-order valence-electron chi connectivity index (χ1n) is 20.4. The molecule has 7 nitrogen and oxygen atoms in total. The van der Waals surface area contributed by atoms with Crippen LogP contribution in [0, 0.1) is 56.2 Å². The number of fused-ring (bicyclic) bond motifs is 7. The average Bonchev–Trinajstić information content (AvgIpc) is 3.35. The summed E-state index contributed by atoms with van der Waals surface area (Å²) in [4.78, 5) is 43.6. The number of hydrogen-bond acceptors (Lipinski definition) is 6. The Balaban J connectivity index is 1.26. The summed E-state index contributed by atoms with van der Waals surface area (Å²) in [5, 5.41) is 13.5. The number of nitrogens with zero attached hydrogens (tertiary/aromatic N) is 1. The van der Waals surface area contributed by atoms with Gasteiger partial charge in [0.25, 0.3) is 0 Å². The first-order chi connectivity index (χ1) is 24.1. The number of rotatable bonds is 10. The molecule has 8 atom stereocenters. The lowest BCUT2D eigenvalue weighted by atomic mass is 9.33. The van der Waals surface area contributed by atoms with Gasteiger partial charge in [-0.15, -0.1) is 0 Å². The number of aliphatic carboxylic acids is 1. The number of carbonyl (C=O) groups is 3. The average molecular weight is 717 g/mol. The number of allylic oxidation sites excluding steroid dienone is 2. The molecule has 0 aliphatic heterocycles. The van der Waals surface area contributed by atoms with Gasteiger partial charge in [0, 0.05) is 23.4 Å². The van der Waals surface area contributed by atoms with Crippen molar-refractivity contribution in [3.63, 3.8) is 0 Å². The summed E-state index contributed by atoms with van der Waals surface area (Å²) in [5.41, 5.74) is 2.39. The van der Waals surface area contributed by atoms with Gasteiger partial charge in [0.15, 0.2) is 5.78 Å². The van der Waals surface area contributed by atoms with Crippen LogP contribution in [-0.2, 0) is 24.7 Å². The van der Waals surface area contributed by atoms with Crippen LogP contribution in [0.25, 0.3) is 0 Å². The molecular weight excluding hydrogens is 649 g/mol. The third kappa shape index (κ3) is 6.02. The van der Waals surface area contributed by atoms with Crippen molar-refractivity contribution in [2.24, 2.45) is 56.2 Å². The van der Waals surface area contributed by atoms with Gasteiger partial charge in [0.2, 0.25) is 0 Å². The molecule has 4 fully saturated rings. The minimum atomic E-state index is -1.15. The van der Waals surface area contributed by atoms with Crippen LogP contribution in [0.2, 0.25) is 0 Å². The molecule has 0 radical (unpaired) electrons. The maximum atomic E-state index is 14.1. The molecule has 1 heterocycles. The molecule has 7 heteroatoms. The fourth-order valence-corrected chi connectivity index (χ4v) is 13.3. The Kier molecular flexibility index (Phi) is 9.83. The van der Waals surface area contributed by atoms with Crippen LogP contribution in [0.15, 0.2) is 35.5 Å². The molecule has 288 valence electrons. The topological polar surface area (TPSA) is 106 Å². The predicted octanol–water partition coefficient (Wildman–Crippen LogP) is 9.69. The van der Waals surface area contributed by atoms with Crippen LogP contribution in [-0.4, -0.2) is 40.5 Å². The Morgan fingerprint density at radius 3 is 2.29 bits per heavy atom. The van der Waals surface area contributed by atoms with E-state index in [0.29, 0.717) is 30.0 Å². The first kappa shape index (κ1) is 39.2. The molecule has 1 aromatic heterocycles. The van der Waals surface area contributed by atoms with E-state index in [4.69, 9.17) is 4.74 Å². The second-order valence-corrected chi connectivity index (χ2v) is 20.7. The fourth-order valence-electron chi connectivity index (χ4n) is 13.3. The van der Waals surface area contributed by atoms with Gasteiger partial charge in [-0.3, -0.25) is 19.4 Å². The Labute approximate surface area is 313 Å². The molecule has 0 spiro atoms. The van der Waals surface area contributed by atoms with Crippen molar-refractivity contribution in [3.05, 3.63) is 41.2 Å². The largest absolute Gasteiger partial charge is 0.481 e. The molecular formula is C45H68N2O5. The number of esters is 1. The SMILES string of the molecule is CC(C)C1=C2C3CCC4C5(C)CCC(OC(=O)CC(C)(C)C(=O)O)C(C)(C)C5CCC4(C)C3(C)CCC2(CCNC(C)(C)c2ccccn2)CC1=O. The quantitative estimate of drug-likeness (QED) is 0.232. The number of carboxylic acids is 1. The highest BCUT2D eigenvalue weighted by atomic mass is 16.5. The number of hydrogen-bond donors (Lipinski definition) is 2. The summed E-state index contributed by atoms with van der Waals surface area (Å²) in [6.45, 7) is 25.3. The van der Waals surface area contributed by atoms with Gasteiger partial charge < -0.3 is 15.2 Å². The van der Waals surface area contributed by atoms with E-state index in [-0.39, 0.29) is 51.1 Å². The summed E-state index contributed by atoms with van der Waals surface area (Å²) in [7, 11) is 0. The lowest BCUT2D eigenvalue weighted by Gasteiger charge is -2.72. The molecule has 0 amide bonds. The molecule has 4 saturated carbocycles. The van der Waals surface area contributed by atoms with Crippen molar-refractivity contribution in [2.45, 2.75) is 158 Å². The van der Waals surface area contributed by atoms with Crippen molar-refractivity contribution in [1.29, 1.82) is 0 Å². The van der Waals surface area contributed by atoms with E-state index in [0.717, 1.165) is 69.2 Å². The molecule has 0 aromatic carbocycles. The van der Waals surface area contributed by atoms with Crippen molar-refractivity contribution in [1.82, 2.24) is 10.3 Å². The molecule has 0 saturated heterocycles. The predicted molar refractivity (Wildman–Crippen MR) is 205 cm³/mol. The molecule has 1 aromatic rings. The Hall–Kier alpha value is -2.54. The second kappa shape index (κ2) is 13.0. The molecule has 0 bridgehead atoms. The number of carboxylic acid groups (broad SMARTS) is 1. The summed E-state index contributed by atoms with van der Waals surface area (Å²) >= 11 is 0. The summed E-state index contributed by atoms with van der Waals surface area (Å²) in [5.74, 6) is 0.616. The van der Waals surface area contributed by atoms with Crippen LogP contribution in [0.4, 0.5) is 0 Å². The highest BCUT2D eigenvalue weighted by Gasteiger charge is 2.70. The van der Waals surface area contributed by atoms with Crippen LogP contribution in [0.3, 0.4) is 0 Å². The minimum absolute atomic E-state index is 0.0719. The smallest absolute Gasteiger partial charge is 0.309 e. The normalized spacial score (nSPS) is 37.2. The molecule has 52 heavy (non-hydrogen) atoms.